The summed E-state index contributed by atoms with van der Waals surface area (Å²) < 4.78 is 0. The minimum absolute atomic E-state index is 0.324. The van der Waals surface area contributed by atoms with Gasteiger partial charge in [0.05, 0.1) is 12.0 Å². The summed E-state index contributed by atoms with van der Waals surface area (Å²) in [6.07, 6.45) is 7.71. The van der Waals surface area contributed by atoms with Crippen LogP contribution >= 0.6 is 0 Å². The Labute approximate surface area is 93.3 Å². The molecule has 84 valence electrons. The monoisotopic (exact) mass is 206 g/mol. The highest BCUT2D eigenvalue weighted by Crippen LogP contribution is 2.33. The van der Waals surface area contributed by atoms with E-state index in [4.69, 9.17) is 5.26 Å². The van der Waals surface area contributed by atoms with Crippen LogP contribution in [0, 0.1) is 23.2 Å². The van der Waals surface area contributed by atoms with E-state index in [1.165, 1.54) is 45.2 Å². The fourth-order valence-electron chi connectivity index (χ4n) is 3.34. The second-order valence-corrected chi connectivity index (χ2v) is 5.17. The van der Waals surface area contributed by atoms with E-state index in [-0.39, 0.29) is 0 Å². The second-order valence-electron chi connectivity index (χ2n) is 5.17. The maximum Gasteiger partial charge on any atom is 0.0672 e. The molecular weight excluding hydrogens is 184 g/mol. The molecule has 0 spiro atoms. The van der Waals surface area contributed by atoms with Crippen molar-refractivity contribution in [1.29, 1.82) is 5.26 Å². The Morgan fingerprint density at radius 1 is 1.33 bits per heavy atom. The van der Waals surface area contributed by atoms with Gasteiger partial charge in [-0.2, -0.15) is 5.26 Å². The Bertz CT molecular complexity index is 243. The fraction of sp³-hybridized carbons (Fsp3) is 0.923. The van der Waals surface area contributed by atoms with Gasteiger partial charge in [-0.1, -0.05) is 19.8 Å². The molecule has 2 heteroatoms. The first-order valence-corrected chi connectivity index (χ1v) is 6.48. The minimum atomic E-state index is 0.324. The SMILES string of the molecule is CCCC1CCN(C2CCCC2C#N)C1. The molecule has 1 heterocycles. The van der Waals surface area contributed by atoms with E-state index in [1.807, 2.05) is 0 Å². The van der Waals surface area contributed by atoms with E-state index in [0.717, 1.165) is 12.3 Å². The lowest BCUT2D eigenvalue weighted by Gasteiger charge is -2.26. The minimum Gasteiger partial charge on any atom is -0.299 e. The third kappa shape index (κ3) is 2.34. The summed E-state index contributed by atoms with van der Waals surface area (Å²) in [7, 11) is 0. The zero-order valence-electron chi connectivity index (χ0n) is 9.78. The smallest absolute Gasteiger partial charge is 0.0672 e. The average molecular weight is 206 g/mol. The van der Waals surface area contributed by atoms with Crippen molar-refractivity contribution in [2.45, 2.75) is 51.5 Å². The molecule has 0 aromatic rings. The topological polar surface area (TPSA) is 27.0 Å². The number of rotatable bonds is 3. The van der Waals surface area contributed by atoms with Gasteiger partial charge in [0, 0.05) is 12.6 Å². The third-order valence-corrected chi connectivity index (χ3v) is 4.13. The molecule has 2 nitrogen and oxygen atoms in total. The Balaban J connectivity index is 1.87. The van der Waals surface area contributed by atoms with Crippen LogP contribution < -0.4 is 0 Å². The molecule has 1 aliphatic carbocycles. The zero-order valence-corrected chi connectivity index (χ0v) is 9.78. The van der Waals surface area contributed by atoms with Crippen LogP contribution in [0.25, 0.3) is 0 Å². The standard InChI is InChI=1S/C13H22N2/c1-2-4-11-7-8-15(10-11)13-6-3-5-12(13)9-14/h11-13H,2-8,10H2,1H3. The Kier molecular flexibility index (Phi) is 3.64. The van der Waals surface area contributed by atoms with E-state index in [2.05, 4.69) is 17.9 Å². The molecule has 0 bridgehead atoms. The van der Waals surface area contributed by atoms with Crippen LogP contribution in [0.2, 0.25) is 0 Å². The number of nitrogens with zero attached hydrogens (tertiary/aromatic N) is 2. The second kappa shape index (κ2) is 4.99. The molecular formula is C13H22N2. The predicted molar refractivity (Wildman–Crippen MR) is 61.3 cm³/mol. The lowest BCUT2D eigenvalue weighted by atomic mass is 10.0. The van der Waals surface area contributed by atoms with Crippen molar-refractivity contribution in [2.75, 3.05) is 13.1 Å². The van der Waals surface area contributed by atoms with Crippen LogP contribution in [0.15, 0.2) is 0 Å². The van der Waals surface area contributed by atoms with Gasteiger partial charge < -0.3 is 0 Å². The number of likely N-dealkylation sites (tertiary alicyclic amines) is 1. The molecule has 1 saturated heterocycles. The van der Waals surface area contributed by atoms with E-state index >= 15 is 0 Å². The lowest BCUT2D eigenvalue weighted by Crippen LogP contribution is -2.35. The van der Waals surface area contributed by atoms with Gasteiger partial charge in [-0.05, 0) is 38.1 Å². The quantitative estimate of drug-likeness (QED) is 0.710. The largest absolute Gasteiger partial charge is 0.299 e. The van der Waals surface area contributed by atoms with Gasteiger partial charge in [0.1, 0.15) is 0 Å². The molecule has 0 radical (unpaired) electrons. The molecule has 3 unspecified atom stereocenters. The molecule has 0 aromatic heterocycles. The van der Waals surface area contributed by atoms with Crippen molar-refractivity contribution >= 4 is 0 Å². The lowest BCUT2D eigenvalue weighted by molar-refractivity contribution is 0.211. The van der Waals surface area contributed by atoms with Crippen molar-refractivity contribution in [3.05, 3.63) is 0 Å². The summed E-state index contributed by atoms with van der Waals surface area (Å²) in [4.78, 5) is 2.60. The molecule has 2 fully saturated rings. The van der Waals surface area contributed by atoms with Crippen molar-refractivity contribution < 1.29 is 0 Å². The van der Waals surface area contributed by atoms with Gasteiger partial charge in [0.25, 0.3) is 0 Å². The van der Waals surface area contributed by atoms with E-state index in [1.54, 1.807) is 0 Å². The molecule has 3 atom stereocenters. The summed E-state index contributed by atoms with van der Waals surface area (Å²) in [6.45, 7) is 4.78. The maximum atomic E-state index is 9.09. The Hall–Kier alpha value is -0.550. The van der Waals surface area contributed by atoms with Crippen LogP contribution in [-0.4, -0.2) is 24.0 Å². The molecule has 15 heavy (non-hydrogen) atoms. The fourth-order valence-corrected chi connectivity index (χ4v) is 3.34. The molecule has 0 N–H and O–H groups in total. The number of hydrogen-bond acceptors (Lipinski definition) is 2. The summed E-state index contributed by atoms with van der Waals surface area (Å²) in [5.74, 6) is 1.24. The maximum absolute atomic E-state index is 9.09. The summed E-state index contributed by atoms with van der Waals surface area (Å²) in [5.41, 5.74) is 0. The molecule has 0 aromatic carbocycles. The molecule has 1 saturated carbocycles. The molecule has 2 aliphatic rings. The first kappa shape index (κ1) is 11.0. The van der Waals surface area contributed by atoms with E-state index in [0.29, 0.717) is 12.0 Å². The molecule has 0 amide bonds. The highest BCUT2D eigenvalue weighted by atomic mass is 15.2. The Morgan fingerprint density at radius 3 is 2.93 bits per heavy atom. The first-order valence-electron chi connectivity index (χ1n) is 6.48. The third-order valence-electron chi connectivity index (χ3n) is 4.13. The molecule has 1 aliphatic heterocycles. The van der Waals surface area contributed by atoms with E-state index < -0.39 is 0 Å². The van der Waals surface area contributed by atoms with Gasteiger partial charge >= 0.3 is 0 Å². The van der Waals surface area contributed by atoms with Crippen molar-refractivity contribution in [3.8, 4) is 6.07 Å². The van der Waals surface area contributed by atoms with Crippen LogP contribution in [0.4, 0.5) is 0 Å². The van der Waals surface area contributed by atoms with Crippen molar-refractivity contribution in [2.24, 2.45) is 11.8 Å². The number of hydrogen-bond donors (Lipinski definition) is 0. The highest BCUT2D eigenvalue weighted by Gasteiger charge is 2.35. The van der Waals surface area contributed by atoms with Crippen LogP contribution in [0.5, 0.6) is 0 Å². The predicted octanol–water partition coefficient (Wildman–Crippen LogP) is 2.80. The normalized spacial score (nSPS) is 36.9. The summed E-state index contributed by atoms with van der Waals surface area (Å²) in [5, 5.41) is 9.09. The number of nitriles is 1. The average Bonchev–Trinajstić information content (AvgIpc) is 2.84. The van der Waals surface area contributed by atoms with Crippen LogP contribution in [-0.2, 0) is 0 Å². The van der Waals surface area contributed by atoms with Gasteiger partial charge in [-0.15, -0.1) is 0 Å². The van der Waals surface area contributed by atoms with Gasteiger partial charge in [-0.3, -0.25) is 4.90 Å². The molecule has 2 rings (SSSR count). The Morgan fingerprint density at radius 2 is 2.20 bits per heavy atom. The van der Waals surface area contributed by atoms with E-state index in [9.17, 15) is 0 Å². The van der Waals surface area contributed by atoms with Crippen molar-refractivity contribution in [3.63, 3.8) is 0 Å². The highest BCUT2D eigenvalue weighted by molar-refractivity contribution is 4.99. The van der Waals surface area contributed by atoms with Crippen LogP contribution in [0.1, 0.15) is 45.4 Å². The summed E-state index contributed by atoms with van der Waals surface area (Å²) >= 11 is 0. The van der Waals surface area contributed by atoms with Crippen molar-refractivity contribution in [1.82, 2.24) is 4.90 Å². The summed E-state index contributed by atoms with van der Waals surface area (Å²) in [6, 6.07) is 3.09. The van der Waals surface area contributed by atoms with Gasteiger partial charge in [0.15, 0.2) is 0 Å². The van der Waals surface area contributed by atoms with Crippen LogP contribution in [0.3, 0.4) is 0 Å². The first-order chi connectivity index (χ1) is 7.35. The van der Waals surface area contributed by atoms with Gasteiger partial charge in [0.2, 0.25) is 0 Å². The zero-order chi connectivity index (χ0) is 10.7. The van der Waals surface area contributed by atoms with Gasteiger partial charge in [-0.25, -0.2) is 0 Å².